The van der Waals surface area contributed by atoms with Crippen molar-refractivity contribution in [3.8, 4) is 5.75 Å². The van der Waals surface area contributed by atoms with Gasteiger partial charge in [-0.2, -0.15) is 13.9 Å². The van der Waals surface area contributed by atoms with Gasteiger partial charge in [0.25, 0.3) is 5.91 Å². The fraction of sp³-hybridized carbons (Fsp3) is 0.211. The largest absolute Gasteiger partial charge is 0.435 e. The van der Waals surface area contributed by atoms with Crippen molar-refractivity contribution in [2.75, 3.05) is 7.05 Å². The quantitative estimate of drug-likeness (QED) is 0.575. The summed E-state index contributed by atoms with van der Waals surface area (Å²) in [6.45, 7) is -2.60. The number of nitrogens with zero attached hydrogens (tertiary/aromatic N) is 3. The third-order valence-electron chi connectivity index (χ3n) is 3.86. The first kappa shape index (κ1) is 19.8. The lowest BCUT2D eigenvalue weighted by Crippen LogP contribution is -2.26. The summed E-state index contributed by atoms with van der Waals surface area (Å²) in [6, 6.07) is 13.6. The van der Waals surface area contributed by atoms with E-state index < -0.39 is 6.61 Å². The van der Waals surface area contributed by atoms with E-state index in [-0.39, 0.29) is 18.2 Å². The van der Waals surface area contributed by atoms with Gasteiger partial charge in [0.1, 0.15) is 12.1 Å². The maximum absolute atomic E-state index is 12.6. The summed E-state index contributed by atoms with van der Waals surface area (Å²) in [5, 5.41) is 7.31. The lowest BCUT2D eigenvalue weighted by Gasteiger charge is -2.18. The zero-order valence-electron chi connectivity index (χ0n) is 15.0. The number of nitrogens with one attached hydrogen (secondary N) is 1. The van der Waals surface area contributed by atoms with Crippen LogP contribution in [0.5, 0.6) is 5.75 Å². The molecule has 0 bridgehead atoms. The van der Waals surface area contributed by atoms with E-state index in [1.165, 1.54) is 35.1 Å². The first-order chi connectivity index (χ1) is 13.5. The van der Waals surface area contributed by atoms with Crippen molar-refractivity contribution in [3.05, 3.63) is 71.5 Å². The van der Waals surface area contributed by atoms with Crippen LogP contribution in [0.3, 0.4) is 0 Å². The average molecular weight is 404 g/mol. The minimum Gasteiger partial charge on any atom is -0.435 e. The molecule has 0 aliphatic rings. The van der Waals surface area contributed by atoms with Crippen LogP contribution in [0.15, 0.2) is 60.0 Å². The Bertz CT molecular complexity index is 905. The summed E-state index contributed by atoms with van der Waals surface area (Å²) in [5.74, 6) is 0.618. The number of carbonyl (C=O) groups is 1. The minimum absolute atomic E-state index is 0.0713. The Hall–Kier alpha value is -2.94. The number of aromatic amines is 1. The summed E-state index contributed by atoms with van der Waals surface area (Å²) >= 11 is 1.52. The van der Waals surface area contributed by atoms with Crippen molar-refractivity contribution in [1.29, 1.82) is 0 Å². The van der Waals surface area contributed by atoms with E-state index in [0.29, 0.717) is 16.9 Å². The van der Waals surface area contributed by atoms with Gasteiger partial charge in [0.2, 0.25) is 0 Å². The Labute approximate surface area is 164 Å². The van der Waals surface area contributed by atoms with Crippen molar-refractivity contribution in [2.45, 2.75) is 24.1 Å². The molecule has 1 aromatic heterocycles. The molecule has 146 valence electrons. The number of halogens is 2. The van der Waals surface area contributed by atoms with Gasteiger partial charge >= 0.3 is 6.61 Å². The fourth-order valence-corrected chi connectivity index (χ4v) is 3.28. The number of benzene rings is 2. The second-order valence-corrected chi connectivity index (χ2v) is 6.93. The van der Waals surface area contributed by atoms with E-state index >= 15 is 0 Å². The van der Waals surface area contributed by atoms with E-state index in [0.717, 1.165) is 10.7 Å². The minimum atomic E-state index is -2.88. The molecule has 0 aliphatic carbocycles. The number of ether oxygens (including phenoxy) is 1. The molecule has 0 atom stereocenters. The Balaban J connectivity index is 1.58. The SMILES string of the molecule is CN(Cc1cccc(OC(F)F)c1)C(=O)c1ccc(CSc2ncn[nH]2)cc1. The topological polar surface area (TPSA) is 71.1 Å². The van der Waals surface area contributed by atoms with Gasteiger partial charge in [-0.15, -0.1) is 0 Å². The van der Waals surface area contributed by atoms with Crippen LogP contribution < -0.4 is 4.74 Å². The Morgan fingerprint density at radius 3 is 2.68 bits per heavy atom. The average Bonchev–Trinajstić information content (AvgIpc) is 3.19. The summed E-state index contributed by atoms with van der Waals surface area (Å²) in [6.07, 6.45) is 1.45. The summed E-state index contributed by atoms with van der Waals surface area (Å²) in [5.41, 5.74) is 2.31. The van der Waals surface area contributed by atoms with Gasteiger partial charge in [0.05, 0.1) is 0 Å². The molecule has 0 saturated carbocycles. The lowest BCUT2D eigenvalue weighted by molar-refractivity contribution is -0.0499. The van der Waals surface area contributed by atoms with Crippen LogP contribution in [-0.2, 0) is 12.3 Å². The molecule has 1 N–H and O–H groups in total. The molecule has 0 aliphatic heterocycles. The van der Waals surface area contributed by atoms with E-state index in [4.69, 9.17) is 0 Å². The maximum Gasteiger partial charge on any atom is 0.387 e. The van der Waals surface area contributed by atoms with Crippen molar-refractivity contribution in [1.82, 2.24) is 20.1 Å². The first-order valence-corrected chi connectivity index (χ1v) is 9.36. The molecule has 0 unspecified atom stereocenters. The smallest absolute Gasteiger partial charge is 0.387 e. The molecule has 6 nitrogen and oxygen atoms in total. The third kappa shape index (κ3) is 5.53. The number of rotatable bonds is 8. The van der Waals surface area contributed by atoms with Crippen LogP contribution in [0, 0.1) is 0 Å². The van der Waals surface area contributed by atoms with Gasteiger partial charge < -0.3 is 9.64 Å². The number of hydrogen-bond acceptors (Lipinski definition) is 5. The monoisotopic (exact) mass is 404 g/mol. The summed E-state index contributed by atoms with van der Waals surface area (Å²) in [4.78, 5) is 18.2. The van der Waals surface area contributed by atoms with Crippen LogP contribution in [0.2, 0.25) is 0 Å². The number of hydrogen-bond donors (Lipinski definition) is 1. The van der Waals surface area contributed by atoms with Crippen molar-refractivity contribution in [2.24, 2.45) is 0 Å². The second kappa shape index (κ2) is 9.32. The highest BCUT2D eigenvalue weighted by Crippen LogP contribution is 2.20. The summed E-state index contributed by atoms with van der Waals surface area (Å²) in [7, 11) is 1.66. The van der Waals surface area contributed by atoms with Crippen LogP contribution in [-0.4, -0.2) is 39.6 Å². The predicted octanol–water partition coefficient (Wildman–Crippen LogP) is 3.97. The highest BCUT2D eigenvalue weighted by atomic mass is 32.2. The van der Waals surface area contributed by atoms with Crippen LogP contribution in [0.25, 0.3) is 0 Å². The van der Waals surface area contributed by atoms with Gasteiger partial charge in [-0.1, -0.05) is 36.0 Å². The summed E-state index contributed by atoms with van der Waals surface area (Å²) < 4.78 is 29.1. The second-order valence-electron chi connectivity index (χ2n) is 5.96. The van der Waals surface area contributed by atoms with Gasteiger partial charge in [-0.05, 0) is 35.4 Å². The first-order valence-electron chi connectivity index (χ1n) is 8.37. The molecule has 1 heterocycles. The normalized spacial score (nSPS) is 10.9. The molecule has 1 amide bonds. The molecule has 0 fully saturated rings. The van der Waals surface area contributed by atoms with Crippen LogP contribution in [0.1, 0.15) is 21.5 Å². The van der Waals surface area contributed by atoms with E-state index in [9.17, 15) is 13.6 Å². The van der Waals surface area contributed by atoms with Gasteiger partial charge in [0.15, 0.2) is 5.16 Å². The predicted molar refractivity (Wildman–Crippen MR) is 101 cm³/mol. The molecule has 3 rings (SSSR count). The number of thioether (sulfide) groups is 1. The number of carbonyl (C=O) groups excluding carboxylic acids is 1. The third-order valence-corrected chi connectivity index (χ3v) is 4.81. The van der Waals surface area contributed by atoms with Crippen molar-refractivity contribution >= 4 is 17.7 Å². The van der Waals surface area contributed by atoms with Crippen LogP contribution in [0.4, 0.5) is 8.78 Å². The van der Waals surface area contributed by atoms with Gasteiger partial charge in [-0.3, -0.25) is 9.89 Å². The molecule has 0 spiro atoms. The van der Waals surface area contributed by atoms with E-state index in [1.54, 1.807) is 31.3 Å². The Kier molecular flexibility index (Phi) is 6.59. The zero-order chi connectivity index (χ0) is 19.9. The van der Waals surface area contributed by atoms with Crippen molar-refractivity contribution < 1.29 is 18.3 Å². The molecule has 2 aromatic carbocycles. The molecule has 0 saturated heterocycles. The molecule has 28 heavy (non-hydrogen) atoms. The molecular formula is C19H18F2N4O2S. The van der Waals surface area contributed by atoms with Gasteiger partial charge in [0, 0.05) is 24.9 Å². The molecular weight excluding hydrogens is 386 g/mol. The number of H-pyrrole nitrogens is 1. The Morgan fingerprint density at radius 1 is 1.21 bits per heavy atom. The number of amides is 1. The number of aromatic nitrogens is 3. The number of alkyl halides is 2. The van der Waals surface area contributed by atoms with Crippen LogP contribution >= 0.6 is 11.8 Å². The molecule has 3 aromatic rings. The van der Waals surface area contributed by atoms with E-state index in [1.807, 2.05) is 12.1 Å². The highest BCUT2D eigenvalue weighted by molar-refractivity contribution is 7.98. The standard InChI is InChI=1S/C19H18F2N4O2S/c1-25(10-14-3-2-4-16(9-14)27-18(20)21)17(26)15-7-5-13(6-8-15)11-28-19-22-12-23-24-19/h2-9,12,18H,10-11H2,1H3,(H,22,23,24). The lowest BCUT2D eigenvalue weighted by atomic mass is 10.1. The molecule has 0 radical (unpaired) electrons. The van der Waals surface area contributed by atoms with Crippen molar-refractivity contribution in [3.63, 3.8) is 0 Å². The Morgan fingerprint density at radius 2 is 2.00 bits per heavy atom. The highest BCUT2D eigenvalue weighted by Gasteiger charge is 2.13. The van der Waals surface area contributed by atoms with Gasteiger partial charge in [-0.25, -0.2) is 4.98 Å². The zero-order valence-corrected chi connectivity index (χ0v) is 15.8. The fourth-order valence-electron chi connectivity index (χ4n) is 2.55. The maximum atomic E-state index is 12.6. The molecule has 9 heteroatoms. The van der Waals surface area contributed by atoms with E-state index in [2.05, 4.69) is 19.9 Å².